The largest absolute Gasteiger partial charge is 0.308 e. The van der Waals surface area contributed by atoms with Crippen LogP contribution < -0.4 is 5.32 Å². The average Bonchev–Trinajstić information content (AvgIpc) is 3.09. The molecule has 0 aliphatic heterocycles. The lowest BCUT2D eigenvalue weighted by Gasteiger charge is -2.26. The first-order valence-corrected chi connectivity index (χ1v) is 8.60. The molecule has 0 saturated heterocycles. The SMILES string of the molecule is CCCNC(c1c(Cl)cnn1CCN(C)C)C1CCCC1. The van der Waals surface area contributed by atoms with Crippen molar-refractivity contribution in [2.45, 2.75) is 51.6 Å². The third-order valence-corrected chi connectivity index (χ3v) is 4.66. The summed E-state index contributed by atoms with van der Waals surface area (Å²) in [5.74, 6) is 0.698. The first kappa shape index (κ1) is 16.8. The third-order valence-electron chi connectivity index (χ3n) is 4.37. The molecule has 0 radical (unpaired) electrons. The Hall–Kier alpha value is -0.580. The summed E-state index contributed by atoms with van der Waals surface area (Å²) >= 11 is 6.48. The van der Waals surface area contributed by atoms with E-state index >= 15 is 0 Å². The van der Waals surface area contributed by atoms with Crippen molar-refractivity contribution in [1.29, 1.82) is 0 Å². The molecule has 0 spiro atoms. The van der Waals surface area contributed by atoms with E-state index in [9.17, 15) is 0 Å². The zero-order chi connectivity index (χ0) is 15.2. The minimum Gasteiger partial charge on any atom is -0.308 e. The van der Waals surface area contributed by atoms with Crippen LogP contribution in [0.4, 0.5) is 0 Å². The van der Waals surface area contributed by atoms with Crippen molar-refractivity contribution < 1.29 is 0 Å². The molecule has 0 aromatic carbocycles. The molecule has 0 bridgehead atoms. The lowest BCUT2D eigenvalue weighted by Crippen LogP contribution is -2.31. The van der Waals surface area contributed by atoms with Crippen LogP contribution in [0.1, 0.15) is 50.8 Å². The van der Waals surface area contributed by atoms with Crippen LogP contribution in [0, 0.1) is 5.92 Å². The summed E-state index contributed by atoms with van der Waals surface area (Å²) in [6.07, 6.45) is 8.25. The van der Waals surface area contributed by atoms with Gasteiger partial charge in [0.05, 0.1) is 29.5 Å². The van der Waals surface area contributed by atoms with E-state index in [1.165, 1.54) is 31.4 Å². The molecule has 1 atom stereocenters. The van der Waals surface area contributed by atoms with Gasteiger partial charge in [-0.3, -0.25) is 4.68 Å². The molecule has 120 valence electrons. The zero-order valence-electron chi connectivity index (χ0n) is 13.6. The van der Waals surface area contributed by atoms with Gasteiger partial charge in [-0.25, -0.2) is 0 Å². The molecular weight excluding hydrogens is 284 g/mol. The van der Waals surface area contributed by atoms with Crippen molar-refractivity contribution in [3.05, 3.63) is 16.9 Å². The van der Waals surface area contributed by atoms with E-state index in [0.717, 1.165) is 31.1 Å². The maximum Gasteiger partial charge on any atom is 0.0834 e. The molecule has 1 fully saturated rings. The topological polar surface area (TPSA) is 33.1 Å². The number of nitrogens with zero attached hydrogens (tertiary/aromatic N) is 3. The Labute approximate surface area is 133 Å². The van der Waals surface area contributed by atoms with E-state index in [0.29, 0.717) is 12.0 Å². The van der Waals surface area contributed by atoms with E-state index in [-0.39, 0.29) is 0 Å². The Morgan fingerprint density at radius 3 is 2.76 bits per heavy atom. The number of nitrogens with one attached hydrogen (secondary N) is 1. The van der Waals surface area contributed by atoms with Crippen LogP contribution in [0.5, 0.6) is 0 Å². The predicted octanol–water partition coefficient (Wildman–Crippen LogP) is 3.33. The summed E-state index contributed by atoms with van der Waals surface area (Å²) in [6.45, 7) is 5.13. The quantitative estimate of drug-likeness (QED) is 0.799. The van der Waals surface area contributed by atoms with Crippen LogP contribution in [-0.4, -0.2) is 41.9 Å². The van der Waals surface area contributed by atoms with E-state index in [2.05, 4.69) is 41.0 Å². The van der Waals surface area contributed by atoms with Crippen LogP contribution in [0.2, 0.25) is 5.02 Å². The highest BCUT2D eigenvalue weighted by Gasteiger charge is 2.30. The van der Waals surface area contributed by atoms with E-state index in [4.69, 9.17) is 11.6 Å². The fourth-order valence-corrected chi connectivity index (χ4v) is 3.49. The first-order chi connectivity index (χ1) is 10.1. The molecule has 1 unspecified atom stereocenters. The van der Waals surface area contributed by atoms with Gasteiger partial charge in [0.1, 0.15) is 0 Å². The second kappa shape index (κ2) is 8.16. The van der Waals surface area contributed by atoms with Crippen LogP contribution in [0.3, 0.4) is 0 Å². The molecule has 1 aromatic rings. The molecule has 1 N–H and O–H groups in total. The van der Waals surface area contributed by atoms with Gasteiger partial charge in [0, 0.05) is 6.54 Å². The summed E-state index contributed by atoms with van der Waals surface area (Å²) in [6, 6.07) is 0.351. The molecule has 2 rings (SSSR count). The highest BCUT2D eigenvalue weighted by Crippen LogP contribution is 2.38. The van der Waals surface area contributed by atoms with Crippen molar-refractivity contribution in [1.82, 2.24) is 20.0 Å². The van der Waals surface area contributed by atoms with Gasteiger partial charge < -0.3 is 10.2 Å². The summed E-state index contributed by atoms with van der Waals surface area (Å²) < 4.78 is 2.11. The average molecular weight is 313 g/mol. The fourth-order valence-electron chi connectivity index (χ4n) is 3.23. The summed E-state index contributed by atoms with van der Waals surface area (Å²) in [7, 11) is 4.18. The van der Waals surface area contributed by atoms with Gasteiger partial charge >= 0.3 is 0 Å². The molecule has 4 nitrogen and oxygen atoms in total. The van der Waals surface area contributed by atoms with Gasteiger partial charge in [-0.05, 0) is 45.8 Å². The molecule has 1 aliphatic rings. The number of rotatable bonds is 8. The van der Waals surface area contributed by atoms with Crippen LogP contribution >= 0.6 is 11.6 Å². The molecule has 1 aromatic heterocycles. The molecule has 21 heavy (non-hydrogen) atoms. The van der Waals surface area contributed by atoms with Gasteiger partial charge in [-0.2, -0.15) is 5.10 Å². The van der Waals surface area contributed by atoms with Crippen LogP contribution in [-0.2, 0) is 6.54 Å². The Balaban J connectivity index is 2.18. The van der Waals surface area contributed by atoms with Gasteiger partial charge in [-0.1, -0.05) is 31.4 Å². The van der Waals surface area contributed by atoms with Crippen molar-refractivity contribution in [3.8, 4) is 0 Å². The molecule has 1 aliphatic carbocycles. The molecular formula is C16H29ClN4. The third kappa shape index (κ3) is 4.44. The van der Waals surface area contributed by atoms with Gasteiger partial charge in [0.15, 0.2) is 0 Å². The van der Waals surface area contributed by atoms with Gasteiger partial charge in [-0.15, -0.1) is 0 Å². The molecule has 5 heteroatoms. The van der Waals surface area contributed by atoms with Crippen LogP contribution in [0.15, 0.2) is 6.20 Å². The fraction of sp³-hybridized carbons (Fsp3) is 0.812. The Morgan fingerprint density at radius 2 is 2.14 bits per heavy atom. The lowest BCUT2D eigenvalue weighted by molar-refractivity contribution is 0.326. The van der Waals surface area contributed by atoms with Crippen molar-refractivity contribution in [2.75, 3.05) is 27.2 Å². The number of hydrogen-bond acceptors (Lipinski definition) is 3. The van der Waals surface area contributed by atoms with Crippen molar-refractivity contribution in [3.63, 3.8) is 0 Å². The summed E-state index contributed by atoms with van der Waals surface area (Å²) in [4.78, 5) is 2.18. The van der Waals surface area contributed by atoms with E-state index in [1.807, 2.05) is 6.20 Å². The number of likely N-dealkylation sites (N-methyl/N-ethyl adjacent to an activating group) is 1. The van der Waals surface area contributed by atoms with Crippen molar-refractivity contribution in [2.24, 2.45) is 5.92 Å². The van der Waals surface area contributed by atoms with E-state index < -0.39 is 0 Å². The normalized spacial score (nSPS) is 17.8. The molecule has 0 amide bonds. The van der Waals surface area contributed by atoms with Crippen LogP contribution in [0.25, 0.3) is 0 Å². The van der Waals surface area contributed by atoms with E-state index in [1.54, 1.807) is 0 Å². The maximum absolute atomic E-state index is 6.48. The number of hydrogen-bond donors (Lipinski definition) is 1. The second-order valence-electron chi connectivity index (χ2n) is 6.38. The Morgan fingerprint density at radius 1 is 1.43 bits per heavy atom. The highest BCUT2D eigenvalue weighted by molar-refractivity contribution is 6.31. The predicted molar refractivity (Wildman–Crippen MR) is 88.8 cm³/mol. The first-order valence-electron chi connectivity index (χ1n) is 8.22. The number of halogens is 1. The number of aromatic nitrogens is 2. The van der Waals surface area contributed by atoms with Gasteiger partial charge in [0.2, 0.25) is 0 Å². The minimum atomic E-state index is 0.351. The summed E-state index contributed by atoms with van der Waals surface area (Å²) in [5, 5.41) is 9.04. The Kier molecular flexibility index (Phi) is 6.52. The van der Waals surface area contributed by atoms with Crippen molar-refractivity contribution >= 4 is 11.6 Å². The zero-order valence-corrected chi connectivity index (χ0v) is 14.4. The lowest BCUT2D eigenvalue weighted by atomic mass is 9.95. The monoisotopic (exact) mass is 312 g/mol. The smallest absolute Gasteiger partial charge is 0.0834 e. The Bertz CT molecular complexity index is 424. The molecule has 1 heterocycles. The highest BCUT2D eigenvalue weighted by atomic mass is 35.5. The minimum absolute atomic E-state index is 0.351. The maximum atomic E-state index is 6.48. The second-order valence-corrected chi connectivity index (χ2v) is 6.79. The summed E-state index contributed by atoms with van der Waals surface area (Å²) in [5.41, 5.74) is 1.19. The standard InChI is InChI=1S/C16H29ClN4/c1-4-9-18-15(13-7-5-6-8-13)16-14(17)12-19-21(16)11-10-20(2)3/h12-13,15,18H,4-11H2,1-3H3. The van der Waals surface area contributed by atoms with Gasteiger partial charge in [0.25, 0.3) is 0 Å². The molecule has 1 saturated carbocycles.